The van der Waals surface area contributed by atoms with Crippen LogP contribution in [0.2, 0.25) is 0 Å². The van der Waals surface area contributed by atoms with Gasteiger partial charge in [-0.3, -0.25) is 0 Å². The van der Waals surface area contributed by atoms with Gasteiger partial charge in [0.25, 0.3) is 11.5 Å². The Morgan fingerprint density at radius 1 is 1.10 bits per heavy atom. The molecule has 3 aromatic rings. The van der Waals surface area contributed by atoms with Crippen molar-refractivity contribution >= 4 is 32.8 Å². The van der Waals surface area contributed by atoms with E-state index in [0.29, 0.717) is 35.7 Å². The summed E-state index contributed by atoms with van der Waals surface area (Å²) in [5.74, 6) is 1.65. The Morgan fingerprint density at radius 3 is 2.61 bits per heavy atom. The van der Waals surface area contributed by atoms with Crippen LogP contribution in [0.15, 0.2) is 35.5 Å². The molecule has 0 saturated heterocycles. The van der Waals surface area contributed by atoms with E-state index in [1.807, 2.05) is 0 Å². The molecule has 1 aromatic carbocycles. The van der Waals surface area contributed by atoms with Gasteiger partial charge in [0.2, 0.25) is 10.0 Å². The molecule has 4 N–H and O–H groups in total. The molecule has 0 bridgehead atoms. The van der Waals surface area contributed by atoms with Crippen LogP contribution in [0, 0.1) is 5.92 Å². The van der Waals surface area contributed by atoms with Crippen LogP contribution in [0.4, 0.5) is 11.6 Å². The maximum absolute atomic E-state index is 12.3. The van der Waals surface area contributed by atoms with E-state index in [2.05, 4.69) is 30.0 Å². The summed E-state index contributed by atoms with van der Waals surface area (Å²) in [5.41, 5.74) is 1.99. The Balaban J connectivity index is 1.31. The number of nitrogens with one attached hydrogen (secondary N) is 4. The number of fused-ring (bicyclic) bond motifs is 1. The SMILES string of the molecule is O=S(=O)(NC1CC1)c1ccc(Nc2nc3nc[nH]c3c(OCC3CCCCC3)[nH+]2)cc1. The number of anilines is 2. The Labute approximate surface area is 181 Å². The van der Waals surface area contributed by atoms with E-state index in [1.165, 1.54) is 32.1 Å². The fourth-order valence-corrected chi connectivity index (χ4v) is 5.21. The molecular weight excluding hydrogens is 416 g/mol. The summed E-state index contributed by atoms with van der Waals surface area (Å²) in [6.45, 7) is 0.661. The molecule has 2 aliphatic carbocycles. The number of hydrogen-bond donors (Lipinski definition) is 3. The highest BCUT2D eigenvalue weighted by atomic mass is 32.2. The Hall–Kier alpha value is -2.72. The number of sulfonamides is 1. The number of aromatic amines is 2. The molecule has 31 heavy (non-hydrogen) atoms. The molecule has 10 heteroatoms. The Kier molecular flexibility index (Phi) is 5.49. The van der Waals surface area contributed by atoms with Crippen molar-refractivity contribution in [1.29, 1.82) is 0 Å². The average molecular weight is 444 g/mol. The number of benzene rings is 1. The summed E-state index contributed by atoms with van der Waals surface area (Å²) in [7, 11) is -3.47. The fourth-order valence-electron chi connectivity index (χ4n) is 3.91. The minimum atomic E-state index is -3.47. The molecular formula is C21H27N6O3S+. The van der Waals surface area contributed by atoms with Crippen LogP contribution in [0.5, 0.6) is 5.88 Å². The normalized spacial score (nSPS) is 17.7. The van der Waals surface area contributed by atoms with Crippen molar-refractivity contribution in [2.24, 2.45) is 5.92 Å². The van der Waals surface area contributed by atoms with Gasteiger partial charge in [-0.25, -0.2) is 28.4 Å². The largest absolute Gasteiger partial charge is 0.466 e. The first kappa shape index (κ1) is 20.2. The highest BCUT2D eigenvalue weighted by Crippen LogP contribution is 2.26. The molecule has 0 amide bonds. The summed E-state index contributed by atoms with van der Waals surface area (Å²) in [5, 5.41) is 3.18. The third-order valence-electron chi connectivity index (χ3n) is 5.81. The van der Waals surface area contributed by atoms with Gasteiger partial charge < -0.3 is 9.72 Å². The van der Waals surface area contributed by atoms with E-state index in [0.717, 1.165) is 18.4 Å². The molecule has 0 aliphatic heterocycles. The summed E-state index contributed by atoms with van der Waals surface area (Å²) in [6, 6.07) is 6.68. The van der Waals surface area contributed by atoms with Crippen LogP contribution < -0.4 is 19.8 Å². The van der Waals surface area contributed by atoms with E-state index < -0.39 is 10.0 Å². The van der Waals surface area contributed by atoms with Crippen LogP contribution in [-0.4, -0.2) is 36.0 Å². The van der Waals surface area contributed by atoms with Crippen molar-refractivity contribution < 1.29 is 18.1 Å². The number of aromatic nitrogens is 4. The van der Waals surface area contributed by atoms with E-state index in [1.54, 1.807) is 30.6 Å². The third-order valence-corrected chi connectivity index (χ3v) is 7.35. The van der Waals surface area contributed by atoms with Gasteiger partial charge in [0.15, 0.2) is 5.52 Å². The summed E-state index contributed by atoms with van der Waals surface area (Å²) in [4.78, 5) is 15.3. The molecule has 0 unspecified atom stereocenters. The van der Waals surface area contributed by atoms with Crippen LogP contribution in [0.3, 0.4) is 0 Å². The molecule has 2 saturated carbocycles. The summed E-state index contributed by atoms with van der Waals surface area (Å²) >= 11 is 0. The summed E-state index contributed by atoms with van der Waals surface area (Å²) < 4.78 is 33.5. The lowest BCUT2D eigenvalue weighted by Crippen LogP contribution is -2.25. The molecule has 164 valence electrons. The van der Waals surface area contributed by atoms with Gasteiger partial charge in [0.1, 0.15) is 0 Å². The van der Waals surface area contributed by atoms with Gasteiger partial charge >= 0.3 is 5.95 Å². The zero-order chi connectivity index (χ0) is 21.3. The lowest BCUT2D eigenvalue weighted by Gasteiger charge is -2.21. The Morgan fingerprint density at radius 2 is 1.87 bits per heavy atom. The van der Waals surface area contributed by atoms with Crippen molar-refractivity contribution in [2.75, 3.05) is 11.9 Å². The number of H-pyrrole nitrogens is 2. The maximum Gasteiger partial charge on any atom is 0.399 e. The van der Waals surface area contributed by atoms with Crippen molar-refractivity contribution in [3.63, 3.8) is 0 Å². The molecule has 0 atom stereocenters. The van der Waals surface area contributed by atoms with E-state index in [-0.39, 0.29) is 10.9 Å². The van der Waals surface area contributed by atoms with E-state index in [9.17, 15) is 8.42 Å². The number of rotatable bonds is 8. The zero-order valence-electron chi connectivity index (χ0n) is 17.2. The minimum absolute atomic E-state index is 0.0780. The highest BCUT2D eigenvalue weighted by molar-refractivity contribution is 7.89. The lowest BCUT2D eigenvalue weighted by atomic mass is 9.90. The van der Waals surface area contributed by atoms with Crippen LogP contribution >= 0.6 is 0 Å². The number of nitrogens with zero attached hydrogens (tertiary/aromatic N) is 2. The first-order chi connectivity index (χ1) is 15.1. The van der Waals surface area contributed by atoms with Crippen molar-refractivity contribution in [3.05, 3.63) is 30.6 Å². The first-order valence-electron chi connectivity index (χ1n) is 10.9. The Bertz CT molecular complexity index is 1150. The second kappa shape index (κ2) is 8.43. The predicted octanol–water partition coefficient (Wildman–Crippen LogP) is 2.92. The van der Waals surface area contributed by atoms with Gasteiger partial charge in [-0.2, -0.15) is 0 Å². The van der Waals surface area contributed by atoms with E-state index in [4.69, 9.17) is 4.74 Å². The minimum Gasteiger partial charge on any atom is -0.466 e. The van der Waals surface area contributed by atoms with Gasteiger partial charge in [-0.1, -0.05) is 19.3 Å². The zero-order valence-corrected chi connectivity index (χ0v) is 18.0. The first-order valence-corrected chi connectivity index (χ1v) is 12.3. The summed E-state index contributed by atoms with van der Waals surface area (Å²) in [6.07, 6.45) is 9.65. The highest BCUT2D eigenvalue weighted by Gasteiger charge is 2.28. The van der Waals surface area contributed by atoms with Gasteiger partial charge in [-0.15, -0.1) is 0 Å². The molecule has 2 aliphatic rings. The van der Waals surface area contributed by atoms with Crippen LogP contribution in [0.25, 0.3) is 11.2 Å². The quantitative estimate of drug-likeness (QED) is 0.492. The maximum atomic E-state index is 12.3. The van der Waals surface area contributed by atoms with E-state index >= 15 is 0 Å². The molecule has 2 fully saturated rings. The van der Waals surface area contributed by atoms with Crippen LogP contribution in [-0.2, 0) is 10.0 Å². The third kappa shape index (κ3) is 4.80. The second-order valence-corrected chi connectivity index (χ2v) is 10.1. The molecule has 5 rings (SSSR count). The molecule has 2 aromatic heterocycles. The van der Waals surface area contributed by atoms with Crippen LogP contribution in [0.1, 0.15) is 44.9 Å². The average Bonchev–Trinajstić information content (AvgIpc) is 3.44. The fraction of sp³-hybridized carbons (Fsp3) is 0.476. The van der Waals surface area contributed by atoms with Gasteiger partial charge in [0.05, 0.1) is 23.5 Å². The lowest BCUT2D eigenvalue weighted by molar-refractivity contribution is -0.380. The molecule has 2 heterocycles. The van der Waals surface area contributed by atoms with Crippen molar-refractivity contribution in [1.82, 2.24) is 19.7 Å². The topological polar surface area (TPSA) is 123 Å². The smallest absolute Gasteiger partial charge is 0.399 e. The molecule has 0 radical (unpaired) electrons. The second-order valence-electron chi connectivity index (χ2n) is 8.38. The molecule has 9 nitrogen and oxygen atoms in total. The van der Waals surface area contributed by atoms with Gasteiger partial charge in [-0.05, 0) is 60.9 Å². The number of ether oxygens (including phenoxy) is 1. The van der Waals surface area contributed by atoms with Crippen molar-refractivity contribution in [3.8, 4) is 5.88 Å². The number of imidazole rings is 1. The number of hydrogen-bond acceptors (Lipinski definition) is 6. The monoisotopic (exact) mass is 443 g/mol. The predicted molar refractivity (Wildman–Crippen MR) is 116 cm³/mol. The molecule has 0 spiro atoms. The van der Waals surface area contributed by atoms with Gasteiger partial charge in [0, 0.05) is 6.04 Å². The standard InChI is InChI=1S/C21H26N6O3S/c28-31(29,27-16-6-7-16)17-10-8-15(9-11-17)24-21-25-19-18(22-13-23-19)20(26-21)30-12-14-4-2-1-3-5-14/h8-11,13-14,16,27H,1-7,12H2,(H2,22,23,24,25,26)/p+1. The van der Waals surface area contributed by atoms with Crippen molar-refractivity contribution in [2.45, 2.75) is 55.9 Å².